The lowest BCUT2D eigenvalue weighted by atomic mass is 10.00. The topological polar surface area (TPSA) is 88.8 Å². The first kappa shape index (κ1) is 16.5. The van der Waals surface area contributed by atoms with Crippen molar-refractivity contribution in [2.45, 2.75) is 18.7 Å². The average Bonchev–Trinajstić information content (AvgIpc) is 2.93. The zero-order chi connectivity index (χ0) is 17.5. The Morgan fingerprint density at radius 1 is 1.08 bits per heavy atom. The fourth-order valence-electron chi connectivity index (χ4n) is 2.56. The van der Waals surface area contributed by atoms with Gasteiger partial charge >= 0.3 is 0 Å². The number of hydrogen-bond donors (Lipinski definition) is 2. The van der Waals surface area contributed by atoms with E-state index >= 15 is 0 Å². The molecule has 24 heavy (non-hydrogen) atoms. The molecule has 7 heteroatoms. The van der Waals surface area contributed by atoms with Gasteiger partial charge in [-0.05, 0) is 55.3 Å². The number of H-pyrrole nitrogens is 1. The number of nitrogens with two attached hydrogens (primary N) is 1. The van der Waals surface area contributed by atoms with Crippen LogP contribution in [0, 0.1) is 13.8 Å². The smallest absolute Gasteiger partial charge is 0.261 e. The number of hydrogen-bond acceptors (Lipinski definition) is 4. The summed E-state index contributed by atoms with van der Waals surface area (Å²) < 4.78 is 23.2. The highest BCUT2D eigenvalue weighted by Crippen LogP contribution is 2.32. The van der Waals surface area contributed by atoms with Crippen molar-refractivity contribution in [3.8, 4) is 22.4 Å². The molecule has 0 saturated carbocycles. The molecule has 0 atom stereocenters. The van der Waals surface area contributed by atoms with Crippen LogP contribution in [-0.4, -0.2) is 18.4 Å². The zero-order valence-corrected chi connectivity index (χ0v) is 14.7. The number of aromatic amines is 1. The molecule has 2 aromatic heterocycles. The minimum Gasteiger partial charge on any atom is -0.383 e. The molecule has 0 saturated heterocycles. The van der Waals surface area contributed by atoms with Crippen molar-refractivity contribution in [1.82, 2.24) is 9.97 Å². The Balaban J connectivity index is 2.17. The standard InChI is InChI=1S/C17H16ClN3O2S/c1-10-3-5-13(24(18,22)23)8-14(10)12-7-15(17(19)20-9-12)16-6-4-11(2)21-16/h3-9,21H,1-2H3,(H2,19,20). The van der Waals surface area contributed by atoms with E-state index in [1.54, 1.807) is 18.3 Å². The van der Waals surface area contributed by atoms with Gasteiger partial charge in [-0.1, -0.05) is 6.07 Å². The van der Waals surface area contributed by atoms with Crippen molar-refractivity contribution >= 4 is 25.6 Å². The van der Waals surface area contributed by atoms with Gasteiger partial charge in [0, 0.05) is 39.4 Å². The van der Waals surface area contributed by atoms with E-state index in [1.807, 2.05) is 32.0 Å². The first-order valence-corrected chi connectivity index (χ1v) is 9.54. The predicted octanol–water partition coefficient (Wildman–Crippen LogP) is 3.87. The Labute approximate surface area is 144 Å². The van der Waals surface area contributed by atoms with Gasteiger partial charge < -0.3 is 10.7 Å². The van der Waals surface area contributed by atoms with Gasteiger partial charge in [0.2, 0.25) is 0 Å². The Morgan fingerprint density at radius 2 is 1.83 bits per heavy atom. The van der Waals surface area contributed by atoms with E-state index in [2.05, 4.69) is 9.97 Å². The van der Waals surface area contributed by atoms with Crippen LogP contribution in [-0.2, 0) is 9.05 Å². The van der Waals surface area contributed by atoms with Gasteiger partial charge in [0.05, 0.1) is 4.90 Å². The Kier molecular flexibility index (Phi) is 4.11. The molecule has 0 aliphatic rings. The van der Waals surface area contributed by atoms with Gasteiger partial charge in [0.25, 0.3) is 9.05 Å². The highest BCUT2D eigenvalue weighted by molar-refractivity contribution is 8.13. The van der Waals surface area contributed by atoms with E-state index in [0.29, 0.717) is 5.82 Å². The zero-order valence-electron chi connectivity index (χ0n) is 13.2. The summed E-state index contributed by atoms with van der Waals surface area (Å²) in [5.74, 6) is 0.402. The van der Waals surface area contributed by atoms with Crippen LogP contribution in [0.5, 0.6) is 0 Å². The lowest BCUT2D eigenvalue weighted by molar-refractivity contribution is 0.609. The molecule has 0 aliphatic heterocycles. The Bertz CT molecular complexity index is 1030. The normalized spacial score (nSPS) is 11.6. The molecule has 3 N–H and O–H groups in total. The molecule has 124 valence electrons. The minimum atomic E-state index is -3.80. The van der Waals surface area contributed by atoms with Gasteiger partial charge in [0.15, 0.2) is 0 Å². The summed E-state index contributed by atoms with van der Waals surface area (Å²) in [5, 5.41) is 0. The highest BCUT2D eigenvalue weighted by Gasteiger charge is 2.14. The molecule has 0 radical (unpaired) electrons. The first-order chi connectivity index (χ1) is 11.3. The molecule has 5 nitrogen and oxygen atoms in total. The van der Waals surface area contributed by atoms with Crippen molar-refractivity contribution in [1.29, 1.82) is 0 Å². The summed E-state index contributed by atoms with van der Waals surface area (Å²) in [6.45, 7) is 3.85. The molecule has 0 fully saturated rings. The van der Waals surface area contributed by atoms with Crippen molar-refractivity contribution in [3.63, 3.8) is 0 Å². The SMILES string of the molecule is Cc1ccc(-c2cc(-c3cc(S(=O)(=O)Cl)ccc3C)cnc2N)[nH]1. The number of aromatic nitrogens is 2. The molecule has 2 heterocycles. The highest BCUT2D eigenvalue weighted by atomic mass is 35.7. The maximum Gasteiger partial charge on any atom is 0.261 e. The van der Waals surface area contributed by atoms with Crippen LogP contribution in [0.4, 0.5) is 5.82 Å². The van der Waals surface area contributed by atoms with Crippen molar-refractivity contribution in [2.75, 3.05) is 5.73 Å². The fraction of sp³-hybridized carbons (Fsp3) is 0.118. The quantitative estimate of drug-likeness (QED) is 0.693. The number of anilines is 1. The van der Waals surface area contributed by atoms with E-state index < -0.39 is 9.05 Å². The third kappa shape index (κ3) is 3.16. The van der Waals surface area contributed by atoms with Crippen LogP contribution in [0.3, 0.4) is 0 Å². The summed E-state index contributed by atoms with van der Waals surface area (Å²) in [6, 6.07) is 10.5. The molecule has 0 amide bonds. The maximum atomic E-state index is 11.6. The largest absolute Gasteiger partial charge is 0.383 e. The second-order valence-electron chi connectivity index (χ2n) is 5.63. The van der Waals surface area contributed by atoms with Gasteiger partial charge in [-0.25, -0.2) is 13.4 Å². The third-order valence-corrected chi connectivity index (χ3v) is 5.19. The summed E-state index contributed by atoms with van der Waals surface area (Å²) in [7, 11) is 1.66. The lowest BCUT2D eigenvalue weighted by Gasteiger charge is -2.10. The van der Waals surface area contributed by atoms with Crippen LogP contribution in [0.25, 0.3) is 22.4 Å². The molecule has 3 rings (SSSR count). The van der Waals surface area contributed by atoms with E-state index in [-0.39, 0.29) is 4.90 Å². The second-order valence-corrected chi connectivity index (χ2v) is 8.19. The first-order valence-electron chi connectivity index (χ1n) is 7.23. The number of halogens is 1. The lowest BCUT2D eigenvalue weighted by Crippen LogP contribution is -1.97. The Morgan fingerprint density at radius 3 is 2.46 bits per heavy atom. The summed E-state index contributed by atoms with van der Waals surface area (Å²) in [5.41, 5.74) is 11.1. The summed E-state index contributed by atoms with van der Waals surface area (Å²) >= 11 is 0. The number of nitrogens with zero attached hydrogens (tertiary/aromatic N) is 1. The number of nitrogen functional groups attached to an aromatic ring is 1. The molecular formula is C17H16ClN3O2S. The van der Waals surface area contributed by atoms with Crippen LogP contribution >= 0.6 is 10.7 Å². The van der Waals surface area contributed by atoms with Crippen molar-refractivity contribution < 1.29 is 8.42 Å². The monoisotopic (exact) mass is 361 g/mol. The van der Waals surface area contributed by atoms with Crippen molar-refractivity contribution in [2.24, 2.45) is 0 Å². The number of rotatable bonds is 3. The van der Waals surface area contributed by atoms with E-state index in [4.69, 9.17) is 16.4 Å². The fourth-order valence-corrected chi connectivity index (χ4v) is 3.34. The number of benzene rings is 1. The van der Waals surface area contributed by atoms with Crippen LogP contribution in [0.1, 0.15) is 11.3 Å². The van der Waals surface area contributed by atoms with Crippen LogP contribution < -0.4 is 5.73 Å². The predicted molar refractivity (Wildman–Crippen MR) is 96.4 cm³/mol. The molecular weight excluding hydrogens is 346 g/mol. The number of nitrogens with one attached hydrogen (secondary N) is 1. The molecule has 0 spiro atoms. The van der Waals surface area contributed by atoms with Crippen LogP contribution in [0.15, 0.2) is 47.5 Å². The third-order valence-electron chi connectivity index (χ3n) is 3.84. The summed E-state index contributed by atoms with van der Waals surface area (Å²) in [6.07, 6.45) is 1.63. The number of aryl methyl sites for hydroxylation is 2. The minimum absolute atomic E-state index is 0.0545. The number of pyridine rings is 1. The molecule has 0 unspecified atom stereocenters. The molecule has 1 aromatic carbocycles. The van der Waals surface area contributed by atoms with Crippen molar-refractivity contribution in [3.05, 3.63) is 53.9 Å². The van der Waals surface area contributed by atoms with E-state index in [0.717, 1.165) is 33.6 Å². The Hall–Kier alpha value is -2.31. The van der Waals surface area contributed by atoms with Gasteiger partial charge in [-0.3, -0.25) is 0 Å². The maximum absolute atomic E-state index is 11.6. The van der Waals surface area contributed by atoms with E-state index in [1.165, 1.54) is 6.07 Å². The van der Waals surface area contributed by atoms with Gasteiger partial charge in [0.1, 0.15) is 5.82 Å². The van der Waals surface area contributed by atoms with Gasteiger partial charge in [-0.15, -0.1) is 0 Å². The molecule has 3 aromatic rings. The van der Waals surface area contributed by atoms with Gasteiger partial charge in [-0.2, -0.15) is 0 Å². The summed E-state index contributed by atoms with van der Waals surface area (Å²) in [4.78, 5) is 7.53. The van der Waals surface area contributed by atoms with E-state index in [9.17, 15) is 8.42 Å². The second kappa shape index (κ2) is 5.96. The average molecular weight is 362 g/mol. The molecule has 0 aliphatic carbocycles. The van der Waals surface area contributed by atoms with Crippen LogP contribution in [0.2, 0.25) is 0 Å². The molecule has 0 bridgehead atoms.